The highest BCUT2D eigenvalue weighted by molar-refractivity contribution is 5.74. The van der Waals surface area contributed by atoms with E-state index in [9.17, 15) is 4.79 Å². The van der Waals surface area contributed by atoms with Gasteiger partial charge in [0.25, 0.3) is 0 Å². The van der Waals surface area contributed by atoms with Crippen molar-refractivity contribution in [3.05, 3.63) is 11.1 Å². The van der Waals surface area contributed by atoms with Crippen molar-refractivity contribution >= 4 is 6.29 Å². The summed E-state index contributed by atoms with van der Waals surface area (Å²) in [6.07, 6.45) is 2.65. The summed E-state index contributed by atoms with van der Waals surface area (Å²) >= 11 is 0. The molecule has 0 spiro atoms. The SMILES string of the molecule is CC(C)=C(C=O)CCCN. The van der Waals surface area contributed by atoms with Crippen LogP contribution in [0.15, 0.2) is 11.1 Å². The summed E-state index contributed by atoms with van der Waals surface area (Å²) in [7, 11) is 0. The third-order valence-corrected chi connectivity index (χ3v) is 1.43. The fourth-order valence-corrected chi connectivity index (χ4v) is 0.719. The molecule has 0 amide bonds. The molecule has 0 fully saturated rings. The van der Waals surface area contributed by atoms with Gasteiger partial charge in [-0.2, -0.15) is 0 Å². The predicted octanol–water partition coefficient (Wildman–Crippen LogP) is 1.26. The summed E-state index contributed by atoms with van der Waals surface area (Å²) in [4.78, 5) is 10.4. The minimum Gasteiger partial charge on any atom is -0.330 e. The van der Waals surface area contributed by atoms with Crippen molar-refractivity contribution in [1.82, 2.24) is 0 Å². The molecule has 0 aromatic heterocycles. The van der Waals surface area contributed by atoms with E-state index in [1.54, 1.807) is 0 Å². The molecule has 2 heteroatoms. The Morgan fingerprint density at radius 2 is 2.10 bits per heavy atom. The Labute approximate surface area is 62.1 Å². The first kappa shape index (κ1) is 9.37. The molecule has 2 N–H and O–H groups in total. The Morgan fingerprint density at radius 1 is 1.50 bits per heavy atom. The summed E-state index contributed by atoms with van der Waals surface area (Å²) in [5, 5.41) is 0. The highest BCUT2D eigenvalue weighted by atomic mass is 16.1. The first-order valence-corrected chi connectivity index (χ1v) is 3.54. The van der Waals surface area contributed by atoms with Gasteiger partial charge in [-0.1, -0.05) is 5.57 Å². The van der Waals surface area contributed by atoms with Gasteiger partial charge in [-0.3, -0.25) is 4.79 Å². The van der Waals surface area contributed by atoms with Crippen LogP contribution in [-0.4, -0.2) is 12.8 Å². The van der Waals surface area contributed by atoms with Gasteiger partial charge in [-0.05, 0) is 38.8 Å². The van der Waals surface area contributed by atoms with Crippen LogP contribution in [0.2, 0.25) is 0 Å². The molecule has 2 nitrogen and oxygen atoms in total. The minimum absolute atomic E-state index is 0.657. The van der Waals surface area contributed by atoms with Gasteiger partial charge < -0.3 is 5.73 Å². The van der Waals surface area contributed by atoms with Gasteiger partial charge in [0.05, 0.1) is 0 Å². The van der Waals surface area contributed by atoms with Crippen molar-refractivity contribution < 1.29 is 4.79 Å². The molecule has 0 atom stereocenters. The highest BCUT2D eigenvalue weighted by Crippen LogP contribution is 2.06. The van der Waals surface area contributed by atoms with E-state index >= 15 is 0 Å². The number of allylic oxidation sites excluding steroid dienone is 2. The van der Waals surface area contributed by atoms with Crippen LogP contribution < -0.4 is 5.73 Å². The molecule has 0 heterocycles. The molecule has 58 valence electrons. The van der Waals surface area contributed by atoms with Gasteiger partial charge in [-0.15, -0.1) is 0 Å². The molecule has 0 radical (unpaired) electrons. The lowest BCUT2D eigenvalue weighted by molar-refractivity contribution is -0.105. The lowest BCUT2D eigenvalue weighted by atomic mass is 10.1. The number of carbonyl (C=O) groups excluding carboxylic acids is 1. The molecule has 0 saturated carbocycles. The second-order valence-electron chi connectivity index (χ2n) is 2.54. The lowest BCUT2D eigenvalue weighted by Crippen LogP contribution is -2.00. The number of hydrogen-bond acceptors (Lipinski definition) is 2. The molecular formula is C8H15NO. The van der Waals surface area contributed by atoms with Crippen LogP contribution in [0.4, 0.5) is 0 Å². The second kappa shape index (κ2) is 5.18. The van der Waals surface area contributed by atoms with E-state index in [1.807, 2.05) is 13.8 Å². The number of nitrogens with two attached hydrogens (primary N) is 1. The monoisotopic (exact) mass is 141 g/mol. The number of rotatable bonds is 4. The molecule has 0 aliphatic heterocycles. The number of hydrogen-bond donors (Lipinski definition) is 1. The summed E-state index contributed by atoms with van der Waals surface area (Å²) in [5.41, 5.74) is 7.29. The highest BCUT2D eigenvalue weighted by Gasteiger charge is 1.95. The maximum absolute atomic E-state index is 10.4. The summed E-state index contributed by atoms with van der Waals surface area (Å²) in [6.45, 7) is 4.55. The third kappa shape index (κ3) is 3.41. The topological polar surface area (TPSA) is 43.1 Å². The van der Waals surface area contributed by atoms with Gasteiger partial charge in [0.2, 0.25) is 0 Å². The quantitative estimate of drug-likeness (QED) is 0.473. The van der Waals surface area contributed by atoms with Crippen molar-refractivity contribution in [3.63, 3.8) is 0 Å². The first-order chi connectivity index (χ1) is 4.72. The zero-order valence-corrected chi connectivity index (χ0v) is 6.68. The zero-order valence-electron chi connectivity index (χ0n) is 6.68. The molecule has 0 aliphatic rings. The van der Waals surface area contributed by atoms with Crippen LogP contribution in [0, 0.1) is 0 Å². The van der Waals surface area contributed by atoms with Gasteiger partial charge >= 0.3 is 0 Å². The van der Waals surface area contributed by atoms with E-state index in [0.717, 1.165) is 30.3 Å². The number of aldehydes is 1. The maximum atomic E-state index is 10.4. The van der Waals surface area contributed by atoms with Crippen molar-refractivity contribution in [3.8, 4) is 0 Å². The second-order valence-corrected chi connectivity index (χ2v) is 2.54. The third-order valence-electron chi connectivity index (χ3n) is 1.43. The maximum Gasteiger partial charge on any atom is 0.145 e. The predicted molar refractivity (Wildman–Crippen MR) is 42.7 cm³/mol. The minimum atomic E-state index is 0.657. The fraction of sp³-hybridized carbons (Fsp3) is 0.625. The molecule has 0 aromatic carbocycles. The Morgan fingerprint density at radius 3 is 2.40 bits per heavy atom. The van der Waals surface area contributed by atoms with Gasteiger partial charge in [0.1, 0.15) is 6.29 Å². The van der Waals surface area contributed by atoms with Crippen molar-refractivity contribution in [2.75, 3.05) is 6.54 Å². The molecule has 0 aromatic rings. The van der Waals surface area contributed by atoms with Crippen molar-refractivity contribution in [1.29, 1.82) is 0 Å². The molecule has 0 aliphatic carbocycles. The van der Waals surface area contributed by atoms with Crippen molar-refractivity contribution in [2.45, 2.75) is 26.7 Å². The largest absolute Gasteiger partial charge is 0.330 e. The van der Waals surface area contributed by atoms with Gasteiger partial charge in [0, 0.05) is 0 Å². The Hall–Kier alpha value is -0.630. The van der Waals surface area contributed by atoms with E-state index in [1.165, 1.54) is 0 Å². The Bertz CT molecular complexity index is 134. The average molecular weight is 141 g/mol. The lowest BCUT2D eigenvalue weighted by Gasteiger charge is -1.99. The van der Waals surface area contributed by atoms with E-state index in [4.69, 9.17) is 5.73 Å². The van der Waals surface area contributed by atoms with Crippen LogP contribution in [-0.2, 0) is 4.79 Å². The summed E-state index contributed by atoms with van der Waals surface area (Å²) < 4.78 is 0. The van der Waals surface area contributed by atoms with Crippen molar-refractivity contribution in [2.24, 2.45) is 5.73 Å². The molecule has 0 rings (SSSR count). The van der Waals surface area contributed by atoms with Gasteiger partial charge in [-0.25, -0.2) is 0 Å². The number of carbonyl (C=O) groups is 1. The molecule has 0 unspecified atom stereocenters. The standard InChI is InChI=1S/C8H15NO/c1-7(2)8(6-10)4-3-5-9/h6H,3-5,9H2,1-2H3. The van der Waals surface area contributed by atoms with Gasteiger partial charge in [0.15, 0.2) is 0 Å². The van der Waals surface area contributed by atoms with E-state index in [-0.39, 0.29) is 0 Å². The smallest absolute Gasteiger partial charge is 0.145 e. The molecular weight excluding hydrogens is 126 g/mol. The van der Waals surface area contributed by atoms with Crippen LogP contribution in [0.25, 0.3) is 0 Å². The molecule has 10 heavy (non-hydrogen) atoms. The Kier molecular flexibility index (Phi) is 4.85. The van der Waals surface area contributed by atoms with E-state index in [2.05, 4.69) is 0 Å². The normalized spacial score (nSPS) is 9.10. The van der Waals surface area contributed by atoms with Crippen LogP contribution in [0.1, 0.15) is 26.7 Å². The van der Waals surface area contributed by atoms with Crippen LogP contribution in [0.5, 0.6) is 0 Å². The zero-order chi connectivity index (χ0) is 7.98. The average Bonchev–Trinajstić information content (AvgIpc) is 1.89. The van der Waals surface area contributed by atoms with Crippen LogP contribution >= 0.6 is 0 Å². The summed E-state index contributed by atoms with van der Waals surface area (Å²) in [5.74, 6) is 0. The molecule has 0 saturated heterocycles. The molecule has 0 bridgehead atoms. The first-order valence-electron chi connectivity index (χ1n) is 3.54. The van der Waals surface area contributed by atoms with E-state index < -0.39 is 0 Å². The fourth-order valence-electron chi connectivity index (χ4n) is 0.719. The Balaban J connectivity index is 3.85. The van der Waals surface area contributed by atoms with Crippen LogP contribution in [0.3, 0.4) is 0 Å². The summed E-state index contributed by atoms with van der Waals surface area (Å²) in [6, 6.07) is 0. The van der Waals surface area contributed by atoms with E-state index in [0.29, 0.717) is 6.54 Å².